The summed E-state index contributed by atoms with van der Waals surface area (Å²) in [5.41, 5.74) is 1.82. The number of carbonyl (C=O) groups excluding carboxylic acids is 1. The minimum absolute atomic E-state index is 0.257. The van der Waals surface area contributed by atoms with Crippen LogP contribution in [0.4, 0.5) is 5.69 Å². The number of nitrogens with zero attached hydrogens (tertiary/aromatic N) is 1. The number of aryl methyl sites for hydroxylation is 1. The number of anilines is 1. The van der Waals surface area contributed by atoms with Crippen molar-refractivity contribution in [2.24, 2.45) is 0 Å². The first-order valence-corrected chi connectivity index (χ1v) is 11.1. The van der Waals surface area contributed by atoms with E-state index in [1.165, 1.54) is 4.31 Å². The lowest BCUT2D eigenvalue weighted by Gasteiger charge is -2.22. The molecular formula is C17H19BrN2O3S2. The number of rotatable bonds is 5. The average molecular weight is 443 g/mol. The first kappa shape index (κ1) is 18.6. The van der Waals surface area contributed by atoms with E-state index in [-0.39, 0.29) is 10.1 Å². The first-order chi connectivity index (χ1) is 11.9. The second kappa shape index (κ2) is 7.57. The van der Waals surface area contributed by atoms with Crippen LogP contribution in [0, 0.1) is 0 Å². The van der Waals surface area contributed by atoms with Crippen LogP contribution in [-0.4, -0.2) is 31.2 Å². The summed E-state index contributed by atoms with van der Waals surface area (Å²) in [5, 5.41) is 2.87. The molecule has 1 atom stereocenters. The maximum absolute atomic E-state index is 12.9. The normalized spacial score (nSPS) is 18.4. The number of amides is 1. The number of halogens is 1. The summed E-state index contributed by atoms with van der Waals surface area (Å²) in [6.45, 7) is 2.41. The van der Waals surface area contributed by atoms with Crippen molar-refractivity contribution >= 4 is 48.9 Å². The fourth-order valence-electron chi connectivity index (χ4n) is 2.94. The monoisotopic (exact) mass is 442 g/mol. The van der Waals surface area contributed by atoms with Crippen molar-refractivity contribution in [2.45, 2.75) is 36.4 Å². The summed E-state index contributed by atoms with van der Waals surface area (Å²) in [6.07, 6.45) is 2.09. The Morgan fingerprint density at radius 2 is 2.16 bits per heavy atom. The average Bonchev–Trinajstić information content (AvgIpc) is 3.24. The predicted molar refractivity (Wildman–Crippen MR) is 103 cm³/mol. The summed E-state index contributed by atoms with van der Waals surface area (Å²) >= 11 is 4.45. The second-order valence-electron chi connectivity index (χ2n) is 5.88. The minimum Gasteiger partial charge on any atom is -0.325 e. The van der Waals surface area contributed by atoms with Crippen LogP contribution in [0.15, 0.2) is 44.4 Å². The lowest BCUT2D eigenvalue weighted by Crippen LogP contribution is -2.42. The van der Waals surface area contributed by atoms with Crippen molar-refractivity contribution in [1.29, 1.82) is 0 Å². The predicted octanol–water partition coefficient (Wildman–Crippen LogP) is 3.86. The van der Waals surface area contributed by atoms with Gasteiger partial charge in [0.25, 0.3) is 10.0 Å². The molecule has 0 bridgehead atoms. The molecule has 1 amide bonds. The highest BCUT2D eigenvalue weighted by atomic mass is 79.9. The van der Waals surface area contributed by atoms with Crippen LogP contribution in [0.3, 0.4) is 0 Å². The molecule has 1 aliphatic heterocycles. The Labute approximate surface area is 160 Å². The summed E-state index contributed by atoms with van der Waals surface area (Å²) in [7, 11) is -3.66. The third-order valence-corrected chi connectivity index (χ3v) is 8.22. The number of hydrogen-bond donors (Lipinski definition) is 1. The van der Waals surface area contributed by atoms with E-state index in [1.807, 2.05) is 31.2 Å². The van der Waals surface area contributed by atoms with E-state index in [9.17, 15) is 13.2 Å². The zero-order chi connectivity index (χ0) is 18.0. The van der Waals surface area contributed by atoms with Gasteiger partial charge in [-0.1, -0.05) is 19.1 Å². The maximum Gasteiger partial charge on any atom is 0.253 e. The largest absolute Gasteiger partial charge is 0.325 e. The quantitative estimate of drug-likeness (QED) is 0.763. The van der Waals surface area contributed by atoms with Gasteiger partial charge in [0.2, 0.25) is 5.91 Å². The summed E-state index contributed by atoms with van der Waals surface area (Å²) < 4.78 is 28.0. The highest BCUT2D eigenvalue weighted by Crippen LogP contribution is 2.32. The number of hydrogen-bond acceptors (Lipinski definition) is 4. The highest BCUT2D eigenvalue weighted by Gasteiger charge is 2.40. The van der Waals surface area contributed by atoms with Crippen molar-refractivity contribution in [2.75, 3.05) is 11.9 Å². The van der Waals surface area contributed by atoms with Crippen LogP contribution < -0.4 is 5.32 Å². The van der Waals surface area contributed by atoms with Crippen LogP contribution in [0.2, 0.25) is 0 Å². The maximum atomic E-state index is 12.9. The molecule has 5 nitrogen and oxygen atoms in total. The van der Waals surface area contributed by atoms with Gasteiger partial charge in [0.1, 0.15) is 10.3 Å². The van der Waals surface area contributed by atoms with Crippen molar-refractivity contribution in [3.8, 4) is 0 Å². The zero-order valence-electron chi connectivity index (χ0n) is 13.7. The standard InChI is InChI=1S/C17H19BrN2O3S2/c1-2-12-5-3-6-13(11-12)19-17(21)14-7-4-10-20(14)25(22,23)16-9-8-15(18)24-16/h3,5-6,8-9,11,14H,2,4,7,10H2,1H3,(H,19,21). The fourth-order valence-corrected chi connectivity index (χ4v) is 6.73. The summed E-state index contributed by atoms with van der Waals surface area (Å²) in [4.78, 5) is 12.7. The van der Waals surface area contributed by atoms with Gasteiger partial charge >= 0.3 is 0 Å². The third-order valence-electron chi connectivity index (χ3n) is 4.22. The lowest BCUT2D eigenvalue weighted by molar-refractivity contribution is -0.119. The van der Waals surface area contributed by atoms with Crippen LogP contribution in [0.25, 0.3) is 0 Å². The minimum atomic E-state index is -3.66. The molecule has 2 aromatic rings. The number of nitrogens with one attached hydrogen (secondary N) is 1. The van der Waals surface area contributed by atoms with Crippen molar-refractivity contribution in [1.82, 2.24) is 4.31 Å². The third kappa shape index (κ3) is 3.97. The van der Waals surface area contributed by atoms with E-state index >= 15 is 0 Å². The second-order valence-corrected chi connectivity index (χ2v) is 10.5. The van der Waals surface area contributed by atoms with Gasteiger partial charge in [-0.2, -0.15) is 4.31 Å². The van der Waals surface area contributed by atoms with E-state index in [0.717, 1.165) is 27.1 Å². The molecule has 0 saturated carbocycles. The van der Waals surface area contributed by atoms with Crippen LogP contribution in [0.5, 0.6) is 0 Å². The Morgan fingerprint density at radius 3 is 2.84 bits per heavy atom. The van der Waals surface area contributed by atoms with Crippen LogP contribution >= 0.6 is 27.3 Å². The smallest absolute Gasteiger partial charge is 0.253 e. The molecule has 0 spiro atoms. The number of thiophene rings is 1. The van der Waals surface area contributed by atoms with Gasteiger partial charge in [-0.3, -0.25) is 4.79 Å². The van der Waals surface area contributed by atoms with Gasteiger partial charge in [0, 0.05) is 12.2 Å². The number of sulfonamides is 1. The van der Waals surface area contributed by atoms with Gasteiger partial charge in [-0.25, -0.2) is 8.42 Å². The Bertz CT molecular complexity index is 880. The van der Waals surface area contributed by atoms with E-state index in [4.69, 9.17) is 0 Å². The molecular weight excluding hydrogens is 424 g/mol. The van der Waals surface area contributed by atoms with Gasteiger partial charge in [0.15, 0.2) is 0 Å². The summed E-state index contributed by atoms with van der Waals surface area (Å²) in [6, 6.07) is 10.2. The van der Waals surface area contributed by atoms with Crippen molar-refractivity contribution in [3.63, 3.8) is 0 Å². The molecule has 134 valence electrons. The van der Waals surface area contributed by atoms with Gasteiger partial charge in [-0.05, 0) is 65.0 Å². The Hall–Kier alpha value is -1.22. The van der Waals surface area contributed by atoms with Gasteiger partial charge in [-0.15, -0.1) is 11.3 Å². The number of carbonyl (C=O) groups is 1. The van der Waals surface area contributed by atoms with Crippen LogP contribution in [0.1, 0.15) is 25.3 Å². The molecule has 8 heteroatoms. The van der Waals surface area contributed by atoms with E-state index < -0.39 is 16.1 Å². The molecule has 25 heavy (non-hydrogen) atoms. The van der Waals surface area contributed by atoms with Crippen LogP contribution in [-0.2, 0) is 21.2 Å². The Kier molecular flexibility index (Phi) is 5.62. The highest BCUT2D eigenvalue weighted by molar-refractivity contribution is 9.11. The van der Waals surface area contributed by atoms with Gasteiger partial charge < -0.3 is 5.32 Å². The number of benzene rings is 1. The Morgan fingerprint density at radius 1 is 1.36 bits per heavy atom. The molecule has 2 heterocycles. The molecule has 1 aromatic carbocycles. The van der Waals surface area contributed by atoms with E-state index in [2.05, 4.69) is 21.2 Å². The molecule has 1 aliphatic rings. The van der Waals surface area contributed by atoms with Crippen molar-refractivity contribution < 1.29 is 13.2 Å². The fraction of sp³-hybridized carbons (Fsp3) is 0.353. The first-order valence-electron chi connectivity index (χ1n) is 8.09. The molecule has 0 radical (unpaired) electrons. The van der Waals surface area contributed by atoms with E-state index in [1.54, 1.807) is 12.1 Å². The molecule has 1 unspecified atom stereocenters. The molecule has 1 N–H and O–H groups in total. The molecule has 3 rings (SSSR count). The lowest BCUT2D eigenvalue weighted by atomic mass is 10.1. The molecule has 1 aromatic heterocycles. The SMILES string of the molecule is CCc1cccc(NC(=O)C2CCCN2S(=O)(=O)c2ccc(Br)s2)c1. The topological polar surface area (TPSA) is 66.5 Å². The molecule has 1 fully saturated rings. The Balaban J connectivity index is 1.80. The zero-order valence-corrected chi connectivity index (χ0v) is 17.0. The van der Waals surface area contributed by atoms with Gasteiger partial charge in [0.05, 0.1) is 3.79 Å². The molecule has 1 saturated heterocycles. The van der Waals surface area contributed by atoms with E-state index in [0.29, 0.717) is 25.1 Å². The van der Waals surface area contributed by atoms with Crippen molar-refractivity contribution in [3.05, 3.63) is 45.7 Å². The molecule has 0 aliphatic carbocycles. The summed E-state index contributed by atoms with van der Waals surface area (Å²) in [5.74, 6) is -0.273.